The summed E-state index contributed by atoms with van der Waals surface area (Å²) >= 11 is 0. The van der Waals surface area contributed by atoms with Crippen molar-refractivity contribution in [3.05, 3.63) is 47.2 Å². The van der Waals surface area contributed by atoms with Crippen LogP contribution in [0.3, 0.4) is 0 Å². The molecule has 8 heteroatoms. The topological polar surface area (TPSA) is 137 Å². The van der Waals surface area contributed by atoms with E-state index < -0.39 is 17.4 Å². The molecule has 0 aliphatic heterocycles. The van der Waals surface area contributed by atoms with Gasteiger partial charge in [-0.05, 0) is 24.0 Å². The minimum Gasteiger partial charge on any atom is -0.422 e. The summed E-state index contributed by atoms with van der Waals surface area (Å²) in [6, 6.07) is 7.28. The van der Waals surface area contributed by atoms with Gasteiger partial charge in [-0.1, -0.05) is 24.3 Å². The van der Waals surface area contributed by atoms with E-state index in [0.717, 1.165) is 11.1 Å². The van der Waals surface area contributed by atoms with Gasteiger partial charge >= 0.3 is 0 Å². The Labute approximate surface area is 145 Å². The summed E-state index contributed by atoms with van der Waals surface area (Å²) in [6.07, 6.45) is 1.69. The van der Waals surface area contributed by atoms with E-state index in [1.165, 1.54) is 6.92 Å². The number of rotatable bonds is 7. The molecule has 5 N–H and O–H groups in total. The van der Waals surface area contributed by atoms with Crippen LogP contribution in [0.15, 0.2) is 28.7 Å². The van der Waals surface area contributed by atoms with E-state index in [2.05, 4.69) is 15.5 Å². The second-order valence-corrected chi connectivity index (χ2v) is 6.37. The Kier molecular flexibility index (Phi) is 4.54. The summed E-state index contributed by atoms with van der Waals surface area (Å²) < 4.78 is 5.69. The van der Waals surface area contributed by atoms with Crippen molar-refractivity contribution in [1.82, 2.24) is 15.5 Å². The van der Waals surface area contributed by atoms with Gasteiger partial charge in [0.15, 0.2) is 0 Å². The molecule has 25 heavy (non-hydrogen) atoms. The smallest absolute Gasteiger partial charge is 0.239 e. The summed E-state index contributed by atoms with van der Waals surface area (Å²) in [5, 5.41) is 10.8. The van der Waals surface area contributed by atoms with E-state index >= 15 is 0 Å². The highest BCUT2D eigenvalue weighted by Gasteiger charge is 2.55. The number of hydrogen-bond acceptors (Lipinski definition) is 6. The van der Waals surface area contributed by atoms with Gasteiger partial charge < -0.3 is 21.2 Å². The number of benzene rings is 1. The average molecular weight is 343 g/mol. The van der Waals surface area contributed by atoms with Crippen LogP contribution >= 0.6 is 0 Å². The van der Waals surface area contributed by atoms with Crippen LogP contribution < -0.4 is 16.8 Å². The zero-order chi connectivity index (χ0) is 18.0. The molecule has 1 saturated carbocycles. The highest BCUT2D eigenvalue weighted by molar-refractivity contribution is 5.88. The summed E-state index contributed by atoms with van der Waals surface area (Å²) in [5.41, 5.74) is 12.2. The van der Waals surface area contributed by atoms with Gasteiger partial charge in [0, 0.05) is 19.9 Å². The second kappa shape index (κ2) is 6.64. The summed E-state index contributed by atoms with van der Waals surface area (Å²) in [6.45, 7) is 1.89. The molecule has 1 aliphatic rings. The van der Waals surface area contributed by atoms with Crippen molar-refractivity contribution in [2.45, 2.75) is 44.2 Å². The molecule has 1 aromatic heterocycles. The fraction of sp³-hybridized carbons (Fsp3) is 0.412. The molecule has 2 aromatic rings. The highest BCUT2D eigenvalue weighted by Crippen LogP contribution is 2.47. The molecular formula is C17H21N5O3. The van der Waals surface area contributed by atoms with E-state index in [-0.39, 0.29) is 17.7 Å². The fourth-order valence-electron chi connectivity index (χ4n) is 2.75. The molecule has 3 rings (SSSR count). The quantitative estimate of drug-likeness (QED) is 0.668. The van der Waals surface area contributed by atoms with E-state index in [1.807, 2.05) is 24.3 Å². The van der Waals surface area contributed by atoms with Crippen LogP contribution in [0.1, 0.15) is 48.7 Å². The first-order valence-electron chi connectivity index (χ1n) is 8.13. The molecule has 0 unspecified atom stereocenters. The normalized spacial score (nSPS) is 16.2. The number of primary amides is 1. The number of aromatic nitrogens is 2. The van der Waals surface area contributed by atoms with Gasteiger partial charge in [-0.25, -0.2) is 0 Å². The summed E-state index contributed by atoms with van der Waals surface area (Å²) in [7, 11) is 0. The van der Waals surface area contributed by atoms with Crippen LogP contribution in [0, 0.1) is 0 Å². The lowest BCUT2D eigenvalue weighted by Crippen LogP contribution is -2.29. The van der Waals surface area contributed by atoms with E-state index in [4.69, 9.17) is 15.9 Å². The van der Waals surface area contributed by atoms with Crippen molar-refractivity contribution < 1.29 is 14.0 Å². The molecule has 1 fully saturated rings. The number of carbonyl (C=O) groups excluding carboxylic acids is 2. The van der Waals surface area contributed by atoms with Gasteiger partial charge in [0.25, 0.3) is 0 Å². The lowest BCUT2D eigenvalue weighted by molar-refractivity contribution is -0.121. The Morgan fingerprint density at radius 1 is 1.24 bits per heavy atom. The Morgan fingerprint density at radius 2 is 1.88 bits per heavy atom. The van der Waals surface area contributed by atoms with Crippen molar-refractivity contribution in [3.8, 4) is 0 Å². The highest BCUT2D eigenvalue weighted by atomic mass is 16.4. The molecule has 1 heterocycles. The van der Waals surface area contributed by atoms with E-state index in [0.29, 0.717) is 25.8 Å². The Morgan fingerprint density at radius 3 is 2.40 bits per heavy atom. The first-order valence-corrected chi connectivity index (χ1v) is 8.13. The first kappa shape index (κ1) is 17.1. The molecule has 1 aliphatic carbocycles. The molecule has 0 radical (unpaired) electrons. The van der Waals surface area contributed by atoms with Crippen molar-refractivity contribution >= 4 is 11.8 Å². The molecule has 1 atom stereocenters. The van der Waals surface area contributed by atoms with Crippen LogP contribution in [0.25, 0.3) is 0 Å². The first-order chi connectivity index (χ1) is 11.9. The minimum absolute atomic E-state index is 0.209. The standard InChI is InChI=1S/C17H21N5O3/c1-10(23)20-13(8-11-2-4-12(9-18)5-3-11)14-21-22-16(25-14)17(6-7-17)15(19)24/h2-5,13H,6-9,18H2,1H3,(H2,19,24)(H,20,23)/t13-/m0/s1. The zero-order valence-corrected chi connectivity index (χ0v) is 14.0. The van der Waals surface area contributed by atoms with E-state index in [9.17, 15) is 9.59 Å². The number of nitrogens with zero attached hydrogens (tertiary/aromatic N) is 2. The number of hydrogen-bond donors (Lipinski definition) is 3. The Bertz CT molecular complexity index is 780. The molecule has 132 valence electrons. The molecule has 8 nitrogen and oxygen atoms in total. The fourth-order valence-corrected chi connectivity index (χ4v) is 2.75. The van der Waals surface area contributed by atoms with Crippen LogP contribution in [-0.4, -0.2) is 22.0 Å². The molecule has 0 bridgehead atoms. The van der Waals surface area contributed by atoms with Gasteiger partial charge in [-0.15, -0.1) is 10.2 Å². The summed E-state index contributed by atoms with van der Waals surface area (Å²) in [5.74, 6) is -0.181. The molecule has 0 spiro atoms. The second-order valence-electron chi connectivity index (χ2n) is 6.37. The monoisotopic (exact) mass is 343 g/mol. The van der Waals surface area contributed by atoms with Gasteiger partial charge in [0.05, 0.1) is 0 Å². The SMILES string of the molecule is CC(=O)N[C@@H](Cc1ccc(CN)cc1)c1nnc(C2(C(N)=O)CC2)o1. The third kappa shape index (κ3) is 3.53. The number of nitrogens with one attached hydrogen (secondary N) is 1. The maximum Gasteiger partial charge on any atom is 0.239 e. The molecule has 2 amide bonds. The molecular weight excluding hydrogens is 322 g/mol. The van der Waals surface area contributed by atoms with Crippen molar-refractivity contribution in [2.24, 2.45) is 11.5 Å². The number of carbonyl (C=O) groups is 2. The zero-order valence-electron chi connectivity index (χ0n) is 14.0. The van der Waals surface area contributed by atoms with Crippen LogP contribution in [0.2, 0.25) is 0 Å². The van der Waals surface area contributed by atoms with Crippen molar-refractivity contribution in [3.63, 3.8) is 0 Å². The lowest BCUT2D eigenvalue weighted by Gasteiger charge is -2.14. The van der Waals surface area contributed by atoms with E-state index in [1.54, 1.807) is 0 Å². The van der Waals surface area contributed by atoms with Crippen LogP contribution in [-0.2, 0) is 28.0 Å². The predicted molar refractivity (Wildman–Crippen MR) is 89.0 cm³/mol. The Hall–Kier alpha value is -2.74. The largest absolute Gasteiger partial charge is 0.422 e. The van der Waals surface area contributed by atoms with Gasteiger partial charge in [0.2, 0.25) is 23.6 Å². The van der Waals surface area contributed by atoms with Crippen LogP contribution in [0.5, 0.6) is 0 Å². The third-order valence-corrected chi connectivity index (χ3v) is 4.45. The van der Waals surface area contributed by atoms with Crippen LogP contribution in [0.4, 0.5) is 0 Å². The Balaban J connectivity index is 1.82. The third-order valence-electron chi connectivity index (χ3n) is 4.45. The summed E-state index contributed by atoms with van der Waals surface area (Å²) in [4.78, 5) is 23.2. The average Bonchev–Trinajstić information content (AvgIpc) is 3.25. The van der Waals surface area contributed by atoms with Gasteiger partial charge in [-0.3, -0.25) is 9.59 Å². The van der Waals surface area contributed by atoms with Crippen molar-refractivity contribution in [1.29, 1.82) is 0 Å². The molecule has 1 aromatic carbocycles. The maximum absolute atomic E-state index is 11.6. The molecule has 0 saturated heterocycles. The van der Waals surface area contributed by atoms with Gasteiger partial charge in [0.1, 0.15) is 11.5 Å². The lowest BCUT2D eigenvalue weighted by atomic mass is 10.0. The predicted octanol–water partition coefficient (Wildman–Crippen LogP) is 0.465. The number of amides is 2. The minimum atomic E-state index is -0.838. The van der Waals surface area contributed by atoms with Gasteiger partial charge in [-0.2, -0.15) is 0 Å². The maximum atomic E-state index is 11.6. The number of nitrogens with two attached hydrogens (primary N) is 2. The van der Waals surface area contributed by atoms with Crippen molar-refractivity contribution in [2.75, 3.05) is 0 Å².